The third-order valence-electron chi connectivity index (χ3n) is 2.07. The van der Waals surface area contributed by atoms with Crippen LogP contribution in [-0.2, 0) is 13.0 Å². The van der Waals surface area contributed by atoms with Crippen molar-refractivity contribution in [2.45, 2.75) is 13.0 Å². The third-order valence-corrected chi connectivity index (χ3v) is 2.70. The highest BCUT2D eigenvalue weighted by molar-refractivity contribution is 7.07. The maximum atomic E-state index is 5.53. The maximum absolute atomic E-state index is 5.53. The molecule has 4 nitrogen and oxygen atoms in total. The molecule has 2 N–H and O–H groups in total. The van der Waals surface area contributed by atoms with E-state index in [0.717, 1.165) is 23.6 Å². The number of hydrogen-bond acceptors (Lipinski definition) is 5. The van der Waals surface area contributed by atoms with Gasteiger partial charge in [0.25, 0.3) is 0 Å². The Kier molecular flexibility index (Phi) is 3.85. The van der Waals surface area contributed by atoms with Crippen molar-refractivity contribution in [2.75, 3.05) is 6.54 Å². The zero-order valence-corrected chi connectivity index (χ0v) is 9.61. The molecule has 0 aromatic carbocycles. The van der Waals surface area contributed by atoms with Crippen LogP contribution in [0, 0.1) is 0 Å². The van der Waals surface area contributed by atoms with Gasteiger partial charge in [0.1, 0.15) is 12.4 Å². The molecule has 2 heterocycles. The summed E-state index contributed by atoms with van der Waals surface area (Å²) in [6.07, 6.45) is 2.52. The quantitative estimate of drug-likeness (QED) is 0.855. The number of nitrogens with zero attached hydrogens (tertiary/aromatic N) is 2. The first-order chi connectivity index (χ1) is 7.88. The second kappa shape index (κ2) is 5.58. The third kappa shape index (κ3) is 3.01. The van der Waals surface area contributed by atoms with Crippen LogP contribution in [-0.4, -0.2) is 16.5 Å². The summed E-state index contributed by atoms with van der Waals surface area (Å²) >= 11 is 1.56. The molecule has 0 spiro atoms. The smallest absolute Gasteiger partial charge is 0.138 e. The monoisotopic (exact) mass is 235 g/mol. The van der Waals surface area contributed by atoms with E-state index in [0.29, 0.717) is 13.2 Å². The first-order valence-electron chi connectivity index (χ1n) is 5.03. The average Bonchev–Trinajstić information content (AvgIpc) is 2.82. The highest BCUT2D eigenvalue weighted by Gasteiger charge is 1.98. The molecule has 2 aromatic rings. The minimum atomic E-state index is 0.488. The number of nitrogens with two attached hydrogens (primary N) is 1. The maximum Gasteiger partial charge on any atom is 0.138 e. The summed E-state index contributed by atoms with van der Waals surface area (Å²) in [6.45, 7) is 1.10. The highest BCUT2D eigenvalue weighted by atomic mass is 32.1. The molecule has 5 heteroatoms. The van der Waals surface area contributed by atoms with Crippen molar-refractivity contribution >= 4 is 11.3 Å². The Morgan fingerprint density at radius 3 is 2.81 bits per heavy atom. The highest BCUT2D eigenvalue weighted by Crippen LogP contribution is 2.12. The van der Waals surface area contributed by atoms with Gasteiger partial charge in [-0.15, -0.1) is 11.3 Å². The first-order valence-corrected chi connectivity index (χ1v) is 5.97. The molecule has 0 saturated heterocycles. The summed E-state index contributed by atoms with van der Waals surface area (Å²) in [5.74, 6) is 0.758. The fourth-order valence-corrected chi connectivity index (χ4v) is 1.80. The van der Waals surface area contributed by atoms with Gasteiger partial charge in [0.2, 0.25) is 0 Å². The summed E-state index contributed by atoms with van der Waals surface area (Å²) < 4.78 is 5.53. The van der Waals surface area contributed by atoms with Crippen LogP contribution < -0.4 is 10.5 Å². The molecule has 0 saturated carbocycles. The Balaban J connectivity index is 1.90. The zero-order valence-electron chi connectivity index (χ0n) is 8.80. The van der Waals surface area contributed by atoms with Crippen molar-refractivity contribution in [3.8, 4) is 5.75 Å². The van der Waals surface area contributed by atoms with Crippen LogP contribution in [0.4, 0.5) is 0 Å². The van der Waals surface area contributed by atoms with Crippen LogP contribution in [0.15, 0.2) is 29.2 Å². The van der Waals surface area contributed by atoms with Crippen LogP contribution in [0.3, 0.4) is 0 Å². The van der Waals surface area contributed by atoms with Crippen LogP contribution in [0.25, 0.3) is 0 Å². The summed E-state index contributed by atoms with van der Waals surface area (Å²) in [7, 11) is 0. The van der Waals surface area contributed by atoms with E-state index < -0.39 is 0 Å². The van der Waals surface area contributed by atoms with E-state index in [1.807, 2.05) is 17.5 Å². The second-order valence-electron chi connectivity index (χ2n) is 3.29. The van der Waals surface area contributed by atoms with Gasteiger partial charge >= 0.3 is 0 Å². The van der Waals surface area contributed by atoms with Gasteiger partial charge in [-0.1, -0.05) is 0 Å². The molecule has 16 heavy (non-hydrogen) atoms. The molecular formula is C11H13N3OS. The van der Waals surface area contributed by atoms with E-state index in [-0.39, 0.29) is 0 Å². The predicted octanol–water partition coefficient (Wildman–Crippen LogP) is 1.62. The average molecular weight is 235 g/mol. The van der Waals surface area contributed by atoms with Gasteiger partial charge in [-0.25, -0.2) is 4.98 Å². The second-order valence-corrected chi connectivity index (χ2v) is 4.01. The first kappa shape index (κ1) is 11.0. The fraction of sp³-hybridized carbons (Fsp3) is 0.273. The Labute approximate surface area is 98.1 Å². The molecule has 0 radical (unpaired) electrons. The van der Waals surface area contributed by atoms with E-state index in [1.165, 1.54) is 0 Å². The SMILES string of the molecule is NCCc1ccc(OCc2cscn2)cn1. The molecular weight excluding hydrogens is 222 g/mol. The number of pyridine rings is 1. The van der Waals surface area contributed by atoms with Gasteiger partial charge in [-0.05, 0) is 18.7 Å². The lowest BCUT2D eigenvalue weighted by Gasteiger charge is -2.04. The van der Waals surface area contributed by atoms with Gasteiger partial charge in [0, 0.05) is 17.5 Å². The van der Waals surface area contributed by atoms with Crippen molar-refractivity contribution in [3.63, 3.8) is 0 Å². The molecule has 0 aliphatic heterocycles. The Bertz CT molecular complexity index is 413. The molecule has 0 aliphatic rings. The Morgan fingerprint density at radius 2 is 2.19 bits per heavy atom. The van der Waals surface area contributed by atoms with Gasteiger partial charge in [-0.3, -0.25) is 4.98 Å². The standard InChI is InChI=1S/C11H13N3OS/c12-4-3-9-1-2-11(5-13-9)15-6-10-7-16-8-14-10/h1-2,5,7-8H,3-4,6,12H2. The Morgan fingerprint density at radius 1 is 1.25 bits per heavy atom. The van der Waals surface area contributed by atoms with Gasteiger partial charge in [-0.2, -0.15) is 0 Å². The molecule has 0 amide bonds. The molecule has 2 rings (SSSR count). The van der Waals surface area contributed by atoms with Crippen LogP contribution in [0.1, 0.15) is 11.4 Å². The molecule has 2 aromatic heterocycles. The van der Waals surface area contributed by atoms with Gasteiger partial charge in [0.05, 0.1) is 17.4 Å². The topological polar surface area (TPSA) is 61.0 Å². The number of thiazole rings is 1. The number of hydrogen-bond donors (Lipinski definition) is 1. The number of rotatable bonds is 5. The predicted molar refractivity (Wildman–Crippen MR) is 63.4 cm³/mol. The molecule has 0 aliphatic carbocycles. The van der Waals surface area contributed by atoms with Crippen molar-refractivity contribution < 1.29 is 4.74 Å². The molecule has 0 unspecified atom stereocenters. The fourth-order valence-electron chi connectivity index (χ4n) is 1.26. The van der Waals surface area contributed by atoms with E-state index in [2.05, 4.69) is 9.97 Å². The van der Waals surface area contributed by atoms with E-state index in [9.17, 15) is 0 Å². The van der Waals surface area contributed by atoms with E-state index >= 15 is 0 Å². The van der Waals surface area contributed by atoms with Crippen molar-refractivity contribution in [1.29, 1.82) is 0 Å². The zero-order chi connectivity index (χ0) is 11.2. The lowest BCUT2D eigenvalue weighted by molar-refractivity contribution is 0.301. The molecule has 0 atom stereocenters. The van der Waals surface area contributed by atoms with Crippen LogP contribution in [0.2, 0.25) is 0 Å². The lowest BCUT2D eigenvalue weighted by atomic mass is 10.3. The van der Waals surface area contributed by atoms with Crippen molar-refractivity contribution in [2.24, 2.45) is 5.73 Å². The number of aromatic nitrogens is 2. The van der Waals surface area contributed by atoms with E-state index in [1.54, 1.807) is 23.0 Å². The molecule has 84 valence electrons. The van der Waals surface area contributed by atoms with Crippen LogP contribution >= 0.6 is 11.3 Å². The lowest BCUT2D eigenvalue weighted by Crippen LogP contribution is -2.04. The van der Waals surface area contributed by atoms with Gasteiger partial charge < -0.3 is 10.5 Å². The summed E-state index contributed by atoms with van der Waals surface area (Å²) in [4.78, 5) is 8.38. The summed E-state index contributed by atoms with van der Waals surface area (Å²) in [5.41, 5.74) is 9.17. The van der Waals surface area contributed by atoms with Crippen molar-refractivity contribution in [1.82, 2.24) is 9.97 Å². The largest absolute Gasteiger partial charge is 0.486 e. The minimum Gasteiger partial charge on any atom is -0.486 e. The number of ether oxygens (including phenoxy) is 1. The normalized spacial score (nSPS) is 10.3. The summed E-state index contributed by atoms with van der Waals surface area (Å²) in [5, 5.41) is 1.97. The van der Waals surface area contributed by atoms with Gasteiger partial charge in [0.15, 0.2) is 0 Å². The van der Waals surface area contributed by atoms with Crippen LogP contribution in [0.5, 0.6) is 5.75 Å². The summed E-state index contributed by atoms with van der Waals surface area (Å²) in [6, 6.07) is 3.84. The van der Waals surface area contributed by atoms with Crippen molar-refractivity contribution in [3.05, 3.63) is 40.6 Å². The molecule has 0 fully saturated rings. The van der Waals surface area contributed by atoms with E-state index in [4.69, 9.17) is 10.5 Å². The molecule has 0 bridgehead atoms. The minimum absolute atomic E-state index is 0.488. The Hall–Kier alpha value is -1.46.